The van der Waals surface area contributed by atoms with Gasteiger partial charge in [0.2, 0.25) is 5.78 Å². The first-order valence-corrected chi connectivity index (χ1v) is 9.23. The van der Waals surface area contributed by atoms with Crippen molar-refractivity contribution >= 4 is 28.9 Å². The maximum Gasteiger partial charge on any atom is 0.348 e. The molecule has 0 aliphatic carbocycles. The molecule has 3 rings (SSSR count). The van der Waals surface area contributed by atoms with Gasteiger partial charge in [-0.1, -0.05) is 0 Å². The molecule has 0 aromatic carbocycles. The van der Waals surface area contributed by atoms with Gasteiger partial charge >= 0.3 is 5.97 Å². The monoisotopic (exact) mass is 385 g/mol. The van der Waals surface area contributed by atoms with Crippen LogP contribution in [-0.4, -0.2) is 28.7 Å². The third-order valence-electron chi connectivity index (χ3n) is 4.31. The molecule has 0 N–H and O–H groups in total. The Balaban J connectivity index is 1.67. The Kier molecular flexibility index (Phi) is 5.41. The molecule has 3 aromatic rings. The first-order valence-electron chi connectivity index (χ1n) is 8.35. The highest BCUT2D eigenvalue weighted by atomic mass is 32.1. The van der Waals surface area contributed by atoms with Crippen molar-refractivity contribution in [3.05, 3.63) is 69.1 Å². The van der Waals surface area contributed by atoms with Crippen LogP contribution in [0, 0.1) is 13.8 Å². The van der Waals surface area contributed by atoms with Crippen LogP contribution in [0.3, 0.4) is 0 Å². The van der Waals surface area contributed by atoms with E-state index in [4.69, 9.17) is 9.15 Å². The Morgan fingerprint density at radius 1 is 1.22 bits per heavy atom. The van der Waals surface area contributed by atoms with Gasteiger partial charge in [0.05, 0.1) is 12.8 Å². The van der Waals surface area contributed by atoms with Gasteiger partial charge in [-0.3, -0.25) is 9.59 Å². The van der Waals surface area contributed by atoms with E-state index in [1.54, 1.807) is 17.7 Å². The smallest absolute Gasteiger partial charge is 0.348 e. The van der Waals surface area contributed by atoms with Crippen LogP contribution in [0.2, 0.25) is 0 Å². The van der Waals surface area contributed by atoms with Crippen LogP contribution in [0.25, 0.3) is 0 Å². The molecule has 0 fully saturated rings. The Morgan fingerprint density at radius 3 is 2.63 bits per heavy atom. The van der Waals surface area contributed by atoms with E-state index >= 15 is 0 Å². The summed E-state index contributed by atoms with van der Waals surface area (Å²) < 4.78 is 12.5. The quantitative estimate of drug-likeness (QED) is 0.453. The van der Waals surface area contributed by atoms with Gasteiger partial charge in [-0.2, -0.15) is 0 Å². The van der Waals surface area contributed by atoms with Gasteiger partial charge in [-0.05, 0) is 45.0 Å². The van der Waals surface area contributed by atoms with E-state index in [1.807, 2.05) is 30.5 Å². The topological polar surface area (TPSA) is 78.5 Å². The molecular formula is C20H19NO5S. The van der Waals surface area contributed by atoms with Gasteiger partial charge in [0.15, 0.2) is 12.4 Å². The molecule has 3 aromatic heterocycles. The summed E-state index contributed by atoms with van der Waals surface area (Å²) in [6.07, 6.45) is 1.61. The molecule has 0 atom stereocenters. The number of aromatic nitrogens is 1. The molecule has 0 spiro atoms. The number of aryl methyl sites for hydroxylation is 1. The predicted octanol–water partition coefficient (Wildman–Crippen LogP) is 4.05. The van der Waals surface area contributed by atoms with Crippen LogP contribution in [0.1, 0.15) is 54.5 Å². The first-order chi connectivity index (χ1) is 12.9. The Hall–Kier alpha value is -2.93. The molecule has 0 aliphatic heterocycles. The maximum absolute atomic E-state index is 12.5. The second kappa shape index (κ2) is 7.75. The first kappa shape index (κ1) is 18.8. The Labute approximate surface area is 160 Å². The summed E-state index contributed by atoms with van der Waals surface area (Å²) in [6, 6.07) is 6.96. The van der Waals surface area contributed by atoms with Crippen molar-refractivity contribution in [1.82, 2.24) is 4.57 Å². The van der Waals surface area contributed by atoms with Crippen LogP contribution in [-0.2, 0) is 11.3 Å². The zero-order valence-electron chi connectivity index (χ0n) is 15.3. The molecule has 0 bridgehead atoms. The van der Waals surface area contributed by atoms with Gasteiger partial charge in [0.25, 0.3) is 0 Å². The summed E-state index contributed by atoms with van der Waals surface area (Å²) in [5, 5.41) is 1.60. The van der Waals surface area contributed by atoms with Gasteiger partial charge in [0.1, 0.15) is 10.6 Å². The van der Waals surface area contributed by atoms with Crippen molar-refractivity contribution in [1.29, 1.82) is 0 Å². The molecule has 0 amide bonds. The summed E-state index contributed by atoms with van der Waals surface area (Å²) in [4.78, 5) is 36.2. The summed E-state index contributed by atoms with van der Waals surface area (Å²) in [6.45, 7) is 5.37. The van der Waals surface area contributed by atoms with Crippen molar-refractivity contribution in [2.75, 3.05) is 6.61 Å². The highest BCUT2D eigenvalue weighted by Gasteiger charge is 2.19. The van der Waals surface area contributed by atoms with E-state index < -0.39 is 5.97 Å². The SMILES string of the molecule is CC(=O)c1csc(C(=O)OCC(=O)c2cc(C)n(Cc3ccco3)c2C)c1. The third kappa shape index (κ3) is 4.09. The fourth-order valence-corrected chi connectivity index (χ4v) is 3.63. The molecule has 3 heterocycles. The lowest BCUT2D eigenvalue weighted by Crippen LogP contribution is -2.14. The normalized spacial score (nSPS) is 10.8. The molecule has 0 radical (unpaired) electrons. The average Bonchev–Trinajstić information content (AvgIpc) is 3.36. The van der Waals surface area contributed by atoms with Gasteiger partial charge in [0, 0.05) is 27.9 Å². The molecule has 0 unspecified atom stereocenters. The highest BCUT2D eigenvalue weighted by molar-refractivity contribution is 7.12. The molecule has 140 valence electrons. The molecule has 7 heteroatoms. The fraction of sp³-hybridized carbons (Fsp3) is 0.250. The maximum atomic E-state index is 12.5. The molecular weight excluding hydrogens is 366 g/mol. The molecule has 0 aliphatic rings. The van der Waals surface area contributed by atoms with Gasteiger partial charge < -0.3 is 13.7 Å². The molecule has 6 nitrogen and oxygen atoms in total. The molecule has 0 saturated carbocycles. The molecule has 27 heavy (non-hydrogen) atoms. The highest BCUT2D eigenvalue weighted by Crippen LogP contribution is 2.19. The van der Waals surface area contributed by atoms with E-state index in [9.17, 15) is 14.4 Å². The lowest BCUT2D eigenvalue weighted by Gasteiger charge is -2.08. The zero-order chi connectivity index (χ0) is 19.6. The van der Waals surface area contributed by atoms with E-state index in [0.29, 0.717) is 22.5 Å². The van der Waals surface area contributed by atoms with E-state index in [0.717, 1.165) is 28.5 Å². The lowest BCUT2D eigenvalue weighted by molar-refractivity contribution is 0.0479. The van der Waals surface area contributed by atoms with Crippen LogP contribution < -0.4 is 0 Å². The Bertz CT molecular complexity index is 994. The minimum Gasteiger partial charge on any atom is -0.467 e. The van der Waals surface area contributed by atoms with E-state index in [-0.39, 0.29) is 18.2 Å². The summed E-state index contributed by atoms with van der Waals surface area (Å²) in [5.41, 5.74) is 2.69. The number of Topliss-reactive ketones (excluding diaryl/α,β-unsaturated/α-hetero) is 2. The number of nitrogens with zero attached hydrogens (tertiary/aromatic N) is 1. The van der Waals surface area contributed by atoms with Crippen LogP contribution in [0.5, 0.6) is 0 Å². The van der Waals surface area contributed by atoms with Crippen molar-refractivity contribution in [3.8, 4) is 0 Å². The summed E-state index contributed by atoms with van der Waals surface area (Å²) in [7, 11) is 0. The number of carbonyl (C=O) groups excluding carboxylic acids is 3. The number of hydrogen-bond acceptors (Lipinski definition) is 6. The van der Waals surface area contributed by atoms with Crippen molar-refractivity contribution in [2.24, 2.45) is 0 Å². The van der Waals surface area contributed by atoms with Crippen LogP contribution >= 0.6 is 11.3 Å². The standard InChI is InChI=1S/C20H19NO5S/c1-12-7-17(13(2)21(12)9-16-5-4-6-25-16)18(23)10-26-20(24)19-8-15(11-27-19)14(3)22/h4-8,11H,9-10H2,1-3H3. The zero-order valence-corrected chi connectivity index (χ0v) is 16.1. The number of rotatable bonds is 7. The number of ketones is 2. The summed E-state index contributed by atoms with van der Waals surface area (Å²) in [5.74, 6) is -0.206. The van der Waals surface area contributed by atoms with Crippen LogP contribution in [0.15, 0.2) is 40.3 Å². The van der Waals surface area contributed by atoms with Gasteiger partial charge in [-0.25, -0.2) is 4.79 Å². The number of esters is 1. The number of hydrogen-bond donors (Lipinski definition) is 0. The lowest BCUT2D eigenvalue weighted by atomic mass is 10.1. The van der Waals surface area contributed by atoms with E-state index in [2.05, 4.69) is 0 Å². The van der Waals surface area contributed by atoms with Crippen molar-refractivity contribution in [2.45, 2.75) is 27.3 Å². The van der Waals surface area contributed by atoms with Gasteiger partial charge in [-0.15, -0.1) is 11.3 Å². The minimum absolute atomic E-state index is 0.120. The summed E-state index contributed by atoms with van der Waals surface area (Å²) >= 11 is 1.12. The average molecular weight is 385 g/mol. The largest absolute Gasteiger partial charge is 0.467 e. The number of ether oxygens (including phenoxy) is 1. The Morgan fingerprint density at radius 2 is 2.00 bits per heavy atom. The van der Waals surface area contributed by atoms with Crippen molar-refractivity contribution < 1.29 is 23.5 Å². The minimum atomic E-state index is -0.606. The van der Waals surface area contributed by atoms with Crippen molar-refractivity contribution in [3.63, 3.8) is 0 Å². The predicted molar refractivity (Wildman–Crippen MR) is 101 cm³/mol. The number of thiophene rings is 1. The second-order valence-corrected chi connectivity index (χ2v) is 7.12. The fourth-order valence-electron chi connectivity index (χ4n) is 2.79. The number of carbonyl (C=O) groups is 3. The second-order valence-electron chi connectivity index (χ2n) is 6.21. The van der Waals surface area contributed by atoms with E-state index in [1.165, 1.54) is 13.0 Å². The third-order valence-corrected chi connectivity index (χ3v) is 5.22. The number of furan rings is 1. The van der Waals surface area contributed by atoms with Crippen LogP contribution in [0.4, 0.5) is 0 Å². The molecule has 0 saturated heterocycles.